The van der Waals surface area contributed by atoms with Gasteiger partial charge in [0.05, 0.1) is 5.69 Å². The largest absolute Gasteiger partial charge is 0.399 e. The fourth-order valence-electron chi connectivity index (χ4n) is 3.06. The van der Waals surface area contributed by atoms with E-state index in [4.69, 9.17) is 5.73 Å². The minimum absolute atomic E-state index is 0. The zero-order valence-corrected chi connectivity index (χ0v) is 22.1. The van der Waals surface area contributed by atoms with Crippen molar-refractivity contribution in [2.75, 3.05) is 23.1 Å². The predicted octanol–water partition coefficient (Wildman–Crippen LogP) is 3.63. The average Bonchev–Trinajstić information content (AvgIpc) is 3.29. The lowest BCUT2D eigenvalue weighted by atomic mass is 10.1. The zero-order valence-electron chi connectivity index (χ0n) is 19.5. The van der Waals surface area contributed by atoms with Crippen LogP contribution in [-0.2, 0) is 16.1 Å². The molecule has 0 aliphatic rings. The number of thioether (sulfide) groups is 1. The monoisotopic (exact) mass is 531 g/mol. The summed E-state index contributed by atoms with van der Waals surface area (Å²) in [6.07, 6.45) is 2.44. The van der Waals surface area contributed by atoms with Gasteiger partial charge >= 0.3 is 0 Å². The normalized spacial score (nSPS) is 11.1. The molecule has 0 spiro atoms. The van der Waals surface area contributed by atoms with Crippen LogP contribution in [0, 0.1) is 0 Å². The summed E-state index contributed by atoms with van der Waals surface area (Å²) >= 11 is 2.92. The molecule has 11 heteroatoms. The van der Waals surface area contributed by atoms with E-state index in [1.165, 1.54) is 18.3 Å². The van der Waals surface area contributed by atoms with Crippen molar-refractivity contribution >= 4 is 65.1 Å². The molecule has 0 aliphatic carbocycles. The molecule has 0 saturated heterocycles. The number of nitrogens with one attached hydrogen (secondary N) is 3. The fourth-order valence-corrected chi connectivity index (χ4v) is 4.25. The minimum atomic E-state index is -0.696. The molecule has 0 fully saturated rings. The minimum Gasteiger partial charge on any atom is -0.399 e. The van der Waals surface area contributed by atoms with E-state index in [0.717, 1.165) is 16.8 Å². The Kier molecular flexibility index (Phi) is 11.1. The van der Waals surface area contributed by atoms with E-state index in [-0.39, 0.29) is 31.2 Å². The number of hydrogen-bond acceptors (Lipinski definition) is 7. The van der Waals surface area contributed by atoms with Gasteiger partial charge in [-0.3, -0.25) is 14.4 Å². The second kappa shape index (κ2) is 13.8. The number of anilines is 2. The van der Waals surface area contributed by atoms with Crippen molar-refractivity contribution in [3.8, 4) is 11.3 Å². The van der Waals surface area contributed by atoms with Gasteiger partial charge in [-0.2, -0.15) is 25.3 Å². The van der Waals surface area contributed by atoms with E-state index < -0.39 is 6.04 Å². The second-order valence-electron chi connectivity index (χ2n) is 7.56. The Labute approximate surface area is 219 Å². The van der Waals surface area contributed by atoms with Gasteiger partial charge in [0.25, 0.3) is 5.91 Å². The van der Waals surface area contributed by atoms with Gasteiger partial charge in [0.15, 0.2) is 5.13 Å². The molecule has 0 unspecified atom stereocenters. The summed E-state index contributed by atoms with van der Waals surface area (Å²) in [5.41, 5.74) is 9.31. The molecular weight excluding hydrogens is 502 g/mol. The summed E-state index contributed by atoms with van der Waals surface area (Å²) in [7, 11) is 0. The maximum absolute atomic E-state index is 12.9. The van der Waals surface area contributed by atoms with E-state index in [1.807, 2.05) is 35.9 Å². The third-order valence-corrected chi connectivity index (χ3v) is 6.33. The van der Waals surface area contributed by atoms with Crippen molar-refractivity contribution in [3.05, 3.63) is 65.0 Å². The zero-order chi connectivity index (χ0) is 24.5. The van der Waals surface area contributed by atoms with Crippen molar-refractivity contribution < 1.29 is 14.4 Å². The van der Waals surface area contributed by atoms with Gasteiger partial charge in [0, 0.05) is 35.7 Å². The third kappa shape index (κ3) is 8.61. The molecule has 3 rings (SSSR count). The molecule has 0 bridgehead atoms. The summed E-state index contributed by atoms with van der Waals surface area (Å²) in [6, 6.07) is 13.5. The summed E-state index contributed by atoms with van der Waals surface area (Å²) in [4.78, 5) is 41.1. The molecule has 1 heterocycles. The van der Waals surface area contributed by atoms with Crippen molar-refractivity contribution in [2.45, 2.75) is 25.9 Å². The second-order valence-corrected chi connectivity index (χ2v) is 9.41. The number of nitrogens with two attached hydrogens (primary N) is 1. The van der Waals surface area contributed by atoms with Crippen LogP contribution in [0.25, 0.3) is 11.3 Å². The molecule has 35 heavy (non-hydrogen) atoms. The molecular formula is C24H29N5O3S3. The van der Waals surface area contributed by atoms with Gasteiger partial charge in [0.1, 0.15) is 6.04 Å². The molecule has 1 atom stereocenters. The molecule has 5 N–H and O–H groups in total. The number of nitrogens with zero attached hydrogens (tertiary/aromatic N) is 1. The lowest BCUT2D eigenvalue weighted by molar-refractivity contribution is -0.119. The number of rotatable bonds is 10. The number of thiazole rings is 1. The summed E-state index contributed by atoms with van der Waals surface area (Å²) in [5, 5.41) is 10.7. The lowest BCUT2D eigenvalue weighted by Gasteiger charge is -2.17. The number of benzene rings is 2. The maximum Gasteiger partial charge on any atom is 0.251 e. The first kappa shape index (κ1) is 28.2. The van der Waals surface area contributed by atoms with Gasteiger partial charge < -0.3 is 21.7 Å². The van der Waals surface area contributed by atoms with Crippen molar-refractivity contribution in [3.63, 3.8) is 0 Å². The molecule has 0 aliphatic heterocycles. The van der Waals surface area contributed by atoms with Crippen LogP contribution in [0.15, 0.2) is 53.9 Å². The highest BCUT2D eigenvalue weighted by molar-refractivity contribution is 7.98. The van der Waals surface area contributed by atoms with Crippen LogP contribution in [0.4, 0.5) is 10.8 Å². The van der Waals surface area contributed by atoms with Crippen molar-refractivity contribution in [1.29, 1.82) is 0 Å². The molecule has 2 aromatic carbocycles. The van der Waals surface area contributed by atoms with Crippen LogP contribution in [0.5, 0.6) is 0 Å². The summed E-state index contributed by atoms with van der Waals surface area (Å²) in [6.45, 7) is 1.95. The van der Waals surface area contributed by atoms with Gasteiger partial charge in [-0.1, -0.05) is 24.3 Å². The maximum atomic E-state index is 12.9. The summed E-state index contributed by atoms with van der Waals surface area (Å²) in [5.74, 6) is -0.0112. The van der Waals surface area contributed by atoms with Gasteiger partial charge in [-0.25, -0.2) is 4.98 Å². The first-order valence-electron chi connectivity index (χ1n) is 10.6. The van der Waals surface area contributed by atoms with Crippen molar-refractivity contribution in [2.24, 2.45) is 0 Å². The molecule has 3 amide bonds. The number of amides is 3. The SMILES string of the molecule is CSCC[C@H](NC(=O)c1ccc(N)cc1)C(=O)Nc1nc(-c2ccc(CNC(C)=O)cc2)cs1.S. The number of carbonyl (C=O) groups is 3. The smallest absolute Gasteiger partial charge is 0.251 e. The summed E-state index contributed by atoms with van der Waals surface area (Å²) < 4.78 is 0. The molecule has 8 nitrogen and oxygen atoms in total. The van der Waals surface area contributed by atoms with E-state index in [1.54, 1.807) is 36.0 Å². The van der Waals surface area contributed by atoms with Crippen LogP contribution < -0.4 is 21.7 Å². The predicted molar refractivity (Wildman–Crippen MR) is 149 cm³/mol. The lowest BCUT2D eigenvalue weighted by Crippen LogP contribution is -2.44. The van der Waals surface area contributed by atoms with E-state index in [0.29, 0.717) is 35.1 Å². The number of nitrogen functional groups attached to an aromatic ring is 1. The topological polar surface area (TPSA) is 126 Å². The highest BCUT2D eigenvalue weighted by Crippen LogP contribution is 2.25. The van der Waals surface area contributed by atoms with Gasteiger partial charge in [-0.15, -0.1) is 11.3 Å². The Morgan fingerprint density at radius 3 is 2.40 bits per heavy atom. The number of carbonyl (C=O) groups excluding carboxylic acids is 3. The van der Waals surface area contributed by atoms with E-state index >= 15 is 0 Å². The highest BCUT2D eigenvalue weighted by Gasteiger charge is 2.22. The third-order valence-electron chi connectivity index (χ3n) is 4.93. The Morgan fingerprint density at radius 2 is 1.77 bits per heavy atom. The van der Waals surface area contributed by atoms with E-state index in [2.05, 4.69) is 20.9 Å². The first-order chi connectivity index (χ1) is 16.4. The standard InChI is InChI=1S/C24H27N5O3S2.H2S/c1-15(30)26-13-16-3-5-17(6-4-16)21-14-34-24(28-21)29-23(32)20(11-12-33-2)27-22(31)18-7-9-19(25)10-8-18;/h3-10,14,20H,11-13,25H2,1-2H3,(H,26,30)(H,27,31)(H,28,29,32);1H2/t20-;/m0./s1. The average molecular weight is 532 g/mol. The van der Waals surface area contributed by atoms with Crippen LogP contribution in [0.1, 0.15) is 29.3 Å². The quantitative estimate of drug-likeness (QED) is 0.296. The number of hydrogen-bond donors (Lipinski definition) is 4. The van der Waals surface area contributed by atoms with Crippen LogP contribution in [-0.4, -0.2) is 40.8 Å². The fraction of sp³-hybridized carbons (Fsp3) is 0.250. The molecule has 186 valence electrons. The Balaban J connectivity index is 0.00000432. The Hall–Kier alpha value is -3.02. The van der Waals surface area contributed by atoms with Crippen LogP contribution in [0.2, 0.25) is 0 Å². The van der Waals surface area contributed by atoms with Crippen molar-refractivity contribution in [1.82, 2.24) is 15.6 Å². The van der Waals surface area contributed by atoms with E-state index in [9.17, 15) is 14.4 Å². The van der Waals surface area contributed by atoms with Gasteiger partial charge in [0.2, 0.25) is 11.8 Å². The van der Waals surface area contributed by atoms with Crippen LogP contribution in [0.3, 0.4) is 0 Å². The Morgan fingerprint density at radius 1 is 1.09 bits per heavy atom. The molecule has 3 aromatic rings. The molecule has 0 radical (unpaired) electrons. The first-order valence-corrected chi connectivity index (χ1v) is 12.9. The van der Waals surface area contributed by atoms with Crippen LogP contribution >= 0.6 is 36.6 Å². The number of aromatic nitrogens is 1. The molecule has 1 aromatic heterocycles. The Bertz CT molecular complexity index is 1130. The molecule has 0 saturated carbocycles. The highest BCUT2D eigenvalue weighted by atomic mass is 32.2. The van der Waals surface area contributed by atoms with Gasteiger partial charge in [-0.05, 0) is 48.3 Å².